The molecule has 1 aliphatic heterocycles. The van der Waals surface area contributed by atoms with Crippen LogP contribution in [0.15, 0.2) is 10.1 Å². The Bertz CT molecular complexity index is 578. The average molecular weight is 399 g/mol. The summed E-state index contributed by atoms with van der Waals surface area (Å²) in [6.45, 7) is 9.63. The van der Waals surface area contributed by atoms with Gasteiger partial charge in [0.05, 0.1) is 0 Å². The number of thioether (sulfide) groups is 2. The zero-order valence-corrected chi connectivity index (χ0v) is 18.5. The van der Waals surface area contributed by atoms with Gasteiger partial charge in [0.2, 0.25) is 0 Å². The fourth-order valence-corrected chi connectivity index (χ4v) is 4.89. The molecule has 148 valence electrons. The van der Waals surface area contributed by atoms with E-state index < -0.39 is 0 Å². The minimum atomic E-state index is 0.346. The number of rotatable bonds is 9. The lowest BCUT2D eigenvalue weighted by Gasteiger charge is -2.24. The highest BCUT2D eigenvalue weighted by molar-refractivity contribution is 8.00. The summed E-state index contributed by atoms with van der Waals surface area (Å²) in [5.74, 6) is 3.85. The number of aromatic nitrogens is 3. The third kappa shape index (κ3) is 6.37. The molecule has 0 aliphatic carbocycles. The van der Waals surface area contributed by atoms with Crippen LogP contribution in [0.5, 0.6) is 0 Å². The van der Waals surface area contributed by atoms with Crippen molar-refractivity contribution in [3.05, 3.63) is 5.82 Å². The maximum absolute atomic E-state index is 4.39. The summed E-state index contributed by atoms with van der Waals surface area (Å²) in [4.78, 5) is 4.35. The maximum atomic E-state index is 4.39. The summed E-state index contributed by atoms with van der Waals surface area (Å²) < 4.78 is 2.61. The van der Waals surface area contributed by atoms with Gasteiger partial charge in [0, 0.05) is 37.8 Å². The minimum absolute atomic E-state index is 0.346. The predicted octanol–water partition coefficient (Wildman–Crippen LogP) is 3.04. The number of nitrogens with one attached hydrogen (secondary N) is 2. The number of hydrogen-bond donors (Lipinski definition) is 2. The molecular weight excluding hydrogens is 364 g/mol. The molecule has 2 heterocycles. The van der Waals surface area contributed by atoms with Gasteiger partial charge in [0.25, 0.3) is 0 Å². The lowest BCUT2D eigenvalue weighted by Crippen LogP contribution is -2.43. The van der Waals surface area contributed by atoms with E-state index in [2.05, 4.69) is 69.2 Å². The van der Waals surface area contributed by atoms with Gasteiger partial charge in [0.1, 0.15) is 5.82 Å². The summed E-state index contributed by atoms with van der Waals surface area (Å²) in [5.41, 5.74) is 0. The number of guanidine groups is 1. The first-order valence-corrected chi connectivity index (χ1v) is 11.7. The van der Waals surface area contributed by atoms with Gasteiger partial charge >= 0.3 is 0 Å². The molecule has 0 radical (unpaired) electrons. The van der Waals surface area contributed by atoms with Crippen LogP contribution in [0.4, 0.5) is 0 Å². The van der Waals surface area contributed by atoms with Crippen molar-refractivity contribution in [3.63, 3.8) is 0 Å². The van der Waals surface area contributed by atoms with Crippen molar-refractivity contribution >= 4 is 29.5 Å². The smallest absolute Gasteiger partial charge is 0.191 e. The van der Waals surface area contributed by atoms with Gasteiger partial charge in [0.15, 0.2) is 11.1 Å². The molecule has 0 saturated carbocycles. The molecule has 0 amide bonds. The summed E-state index contributed by atoms with van der Waals surface area (Å²) >= 11 is 3.74. The quantitative estimate of drug-likeness (QED) is 0.288. The number of hydrogen-bond acceptors (Lipinski definition) is 5. The second-order valence-electron chi connectivity index (χ2n) is 7.47. The molecule has 1 aliphatic rings. The molecule has 1 unspecified atom stereocenters. The first-order chi connectivity index (χ1) is 12.5. The SMILES string of the molecule is CN=C(NCCCc1nnc(SC)n1CC(C)C)NCC1(C)CCCS1. The molecule has 2 rings (SSSR count). The molecule has 1 fully saturated rings. The monoisotopic (exact) mass is 398 g/mol. The van der Waals surface area contributed by atoms with Gasteiger partial charge in [-0.1, -0.05) is 25.6 Å². The van der Waals surface area contributed by atoms with Crippen molar-refractivity contribution in [2.75, 3.05) is 32.1 Å². The lowest BCUT2D eigenvalue weighted by molar-refractivity contribution is 0.477. The Morgan fingerprint density at radius 2 is 2.19 bits per heavy atom. The van der Waals surface area contributed by atoms with E-state index in [0.29, 0.717) is 10.7 Å². The van der Waals surface area contributed by atoms with E-state index in [0.717, 1.165) is 49.4 Å². The van der Waals surface area contributed by atoms with Gasteiger partial charge in [-0.2, -0.15) is 11.8 Å². The number of aliphatic imine (C=N–C) groups is 1. The largest absolute Gasteiger partial charge is 0.356 e. The van der Waals surface area contributed by atoms with E-state index >= 15 is 0 Å². The van der Waals surface area contributed by atoms with Crippen LogP contribution in [0.2, 0.25) is 0 Å². The molecule has 1 saturated heterocycles. The first kappa shape index (κ1) is 21.4. The van der Waals surface area contributed by atoms with Crippen molar-refractivity contribution < 1.29 is 0 Å². The Kier molecular flexibility index (Phi) is 8.60. The number of aryl methyl sites for hydroxylation is 1. The van der Waals surface area contributed by atoms with Crippen LogP contribution in [0.25, 0.3) is 0 Å². The number of nitrogens with zero attached hydrogens (tertiary/aromatic N) is 4. The molecule has 8 heteroatoms. The fraction of sp³-hybridized carbons (Fsp3) is 0.833. The molecule has 26 heavy (non-hydrogen) atoms. The second-order valence-corrected chi connectivity index (χ2v) is 9.92. The fourth-order valence-electron chi connectivity index (χ4n) is 3.12. The standard InChI is InChI=1S/C18H34N6S2/c1-14(2)12-24-15(22-23-17(24)25-5)8-6-10-20-16(19-4)21-13-18(3)9-7-11-26-18/h14H,6-13H2,1-5H3,(H2,19,20,21). The molecule has 2 N–H and O–H groups in total. The van der Waals surface area contributed by atoms with Crippen LogP contribution < -0.4 is 10.6 Å². The Morgan fingerprint density at radius 1 is 1.38 bits per heavy atom. The Labute approximate surface area is 166 Å². The van der Waals surface area contributed by atoms with Crippen LogP contribution >= 0.6 is 23.5 Å². The molecule has 6 nitrogen and oxygen atoms in total. The lowest BCUT2D eigenvalue weighted by atomic mass is 10.1. The van der Waals surface area contributed by atoms with Crippen LogP contribution in [0.1, 0.15) is 45.9 Å². The zero-order valence-electron chi connectivity index (χ0n) is 16.8. The van der Waals surface area contributed by atoms with Gasteiger partial charge in [-0.25, -0.2) is 0 Å². The van der Waals surface area contributed by atoms with Gasteiger partial charge in [-0.05, 0) is 44.1 Å². The van der Waals surface area contributed by atoms with Gasteiger partial charge in [-0.15, -0.1) is 10.2 Å². The van der Waals surface area contributed by atoms with Crippen molar-refractivity contribution in [1.29, 1.82) is 0 Å². The topological polar surface area (TPSA) is 67.1 Å². The van der Waals surface area contributed by atoms with E-state index in [1.165, 1.54) is 18.6 Å². The summed E-state index contributed by atoms with van der Waals surface area (Å²) in [6.07, 6.45) is 6.61. The van der Waals surface area contributed by atoms with Gasteiger partial charge < -0.3 is 15.2 Å². The highest BCUT2D eigenvalue weighted by atomic mass is 32.2. The average Bonchev–Trinajstić information content (AvgIpc) is 3.21. The second kappa shape index (κ2) is 10.4. The maximum Gasteiger partial charge on any atom is 0.191 e. The van der Waals surface area contributed by atoms with Crippen LogP contribution in [0, 0.1) is 5.92 Å². The normalized spacial score (nSPS) is 20.8. The predicted molar refractivity (Wildman–Crippen MR) is 114 cm³/mol. The molecule has 0 aromatic carbocycles. The molecular formula is C18H34N6S2. The van der Waals surface area contributed by atoms with Crippen molar-refractivity contribution in [3.8, 4) is 0 Å². The van der Waals surface area contributed by atoms with E-state index in [1.807, 2.05) is 7.05 Å². The van der Waals surface area contributed by atoms with E-state index in [-0.39, 0.29) is 0 Å². The van der Waals surface area contributed by atoms with Crippen molar-refractivity contribution in [2.24, 2.45) is 10.9 Å². The Balaban J connectivity index is 1.76. The highest BCUT2D eigenvalue weighted by Gasteiger charge is 2.29. The van der Waals surface area contributed by atoms with E-state index in [1.54, 1.807) is 11.8 Å². The van der Waals surface area contributed by atoms with Crippen LogP contribution in [-0.4, -0.2) is 57.6 Å². The molecule has 1 atom stereocenters. The zero-order chi connectivity index (χ0) is 19.0. The first-order valence-electron chi connectivity index (χ1n) is 9.52. The van der Waals surface area contributed by atoms with Gasteiger partial charge in [-0.3, -0.25) is 4.99 Å². The third-order valence-electron chi connectivity index (χ3n) is 4.55. The summed E-state index contributed by atoms with van der Waals surface area (Å²) in [7, 11) is 1.84. The minimum Gasteiger partial charge on any atom is -0.356 e. The summed E-state index contributed by atoms with van der Waals surface area (Å²) in [5, 5.41) is 16.6. The molecule has 1 aromatic rings. The van der Waals surface area contributed by atoms with Crippen LogP contribution in [-0.2, 0) is 13.0 Å². The highest BCUT2D eigenvalue weighted by Crippen LogP contribution is 2.36. The third-order valence-corrected chi connectivity index (χ3v) is 6.75. The Hall–Kier alpha value is -0.890. The van der Waals surface area contributed by atoms with Crippen LogP contribution in [0.3, 0.4) is 0 Å². The molecule has 0 spiro atoms. The van der Waals surface area contributed by atoms with E-state index in [4.69, 9.17) is 0 Å². The van der Waals surface area contributed by atoms with Crippen molar-refractivity contribution in [2.45, 2.75) is 62.9 Å². The molecule has 1 aromatic heterocycles. The van der Waals surface area contributed by atoms with E-state index in [9.17, 15) is 0 Å². The molecule has 0 bridgehead atoms. The summed E-state index contributed by atoms with van der Waals surface area (Å²) in [6, 6.07) is 0. The Morgan fingerprint density at radius 3 is 2.81 bits per heavy atom. The van der Waals surface area contributed by atoms with Crippen molar-refractivity contribution in [1.82, 2.24) is 25.4 Å².